The average molecular weight is 281 g/mol. The number of ketones is 1. The second-order valence-electron chi connectivity index (χ2n) is 5.46. The molecule has 2 rings (SSSR count). The molecule has 1 fully saturated rings. The molecule has 1 saturated carbocycles. The van der Waals surface area contributed by atoms with Gasteiger partial charge in [0.15, 0.2) is 5.78 Å². The lowest BCUT2D eigenvalue weighted by molar-refractivity contribution is 0.101. The van der Waals surface area contributed by atoms with E-state index in [9.17, 15) is 4.79 Å². The number of rotatable bonds is 6. The Kier molecular flexibility index (Phi) is 5.15. The van der Waals surface area contributed by atoms with Gasteiger partial charge in [0.05, 0.1) is 0 Å². The lowest BCUT2D eigenvalue weighted by Crippen LogP contribution is -2.13. The van der Waals surface area contributed by atoms with Gasteiger partial charge in [-0.2, -0.15) is 0 Å². The van der Waals surface area contributed by atoms with E-state index >= 15 is 0 Å². The number of hydrogen-bond donors (Lipinski definition) is 1. The highest BCUT2D eigenvalue weighted by Crippen LogP contribution is 2.39. The summed E-state index contributed by atoms with van der Waals surface area (Å²) in [6.07, 6.45) is 11.4. The molecule has 0 atom stereocenters. The molecule has 0 unspecified atom stereocenters. The molecule has 110 valence electrons. The summed E-state index contributed by atoms with van der Waals surface area (Å²) in [4.78, 5) is 11.8. The number of carbonyl (C=O) groups is 1. The van der Waals surface area contributed by atoms with Crippen LogP contribution in [0.3, 0.4) is 0 Å². The van der Waals surface area contributed by atoms with E-state index in [4.69, 9.17) is 0 Å². The van der Waals surface area contributed by atoms with Crippen molar-refractivity contribution in [2.24, 2.45) is 0 Å². The zero-order valence-electron chi connectivity index (χ0n) is 12.9. The van der Waals surface area contributed by atoms with Crippen molar-refractivity contribution in [2.75, 3.05) is 5.32 Å². The third-order valence-corrected chi connectivity index (χ3v) is 3.95. The molecule has 0 aliphatic heterocycles. The summed E-state index contributed by atoms with van der Waals surface area (Å²) in [5.41, 5.74) is 4.01. The third kappa shape index (κ3) is 3.72. The maximum absolute atomic E-state index is 11.8. The van der Waals surface area contributed by atoms with Crippen LogP contribution in [0.4, 0.5) is 5.69 Å². The minimum absolute atomic E-state index is 0.150. The molecule has 0 saturated heterocycles. The number of anilines is 1. The van der Waals surface area contributed by atoms with Crippen molar-refractivity contribution in [1.82, 2.24) is 0 Å². The monoisotopic (exact) mass is 281 g/mol. The lowest BCUT2D eigenvalue weighted by atomic mass is 9.77. The van der Waals surface area contributed by atoms with Gasteiger partial charge in [-0.3, -0.25) is 4.79 Å². The van der Waals surface area contributed by atoms with Crippen molar-refractivity contribution in [3.8, 4) is 0 Å². The van der Waals surface area contributed by atoms with E-state index in [0.29, 0.717) is 5.92 Å². The predicted octanol–water partition coefficient (Wildman–Crippen LogP) is 5.21. The van der Waals surface area contributed by atoms with E-state index in [1.54, 1.807) is 13.0 Å². The quantitative estimate of drug-likeness (QED) is 0.572. The summed E-state index contributed by atoms with van der Waals surface area (Å²) in [6, 6.07) is 6.02. The minimum Gasteiger partial charge on any atom is -0.356 e. The molecular formula is C19H23NO. The fourth-order valence-electron chi connectivity index (χ4n) is 2.55. The Labute approximate surface area is 127 Å². The fourth-order valence-corrected chi connectivity index (χ4v) is 2.55. The van der Waals surface area contributed by atoms with Crippen LogP contribution in [0.25, 0.3) is 0 Å². The number of Topliss-reactive ketones (excluding diaryl/α,β-unsaturated/α-hetero) is 1. The van der Waals surface area contributed by atoms with Crippen LogP contribution in [0.1, 0.15) is 54.9 Å². The van der Waals surface area contributed by atoms with E-state index in [2.05, 4.69) is 18.0 Å². The predicted molar refractivity (Wildman–Crippen MR) is 89.8 cm³/mol. The Morgan fingerprint density at radius 2 is 2.14 bits per heavy atom. The van der Waals surface area contributed by atoms with E-state index in [1.807, 2.05) is 37.3 Å². The number of carbonyl (C=O) groups excluding carboxylic acids is 1. The molecule has 21 heavy (non-hydrogen) atoms. The summed E-state index contributed by atoms with van der Waals surface area (Å²) in [6.45, 7) is 7.45. The second-order valence-corrected chi connectivity index (χ2v) is 5.46. The molecule has 0 amide bonds. The minimum atomic E-state index is 0.150. The summed E-state index contributed by atoms with van der Waals surface area (Å²) >= 11 is 0. The maximum Gasteiger partial charge on any atom is 0.160 e. The van der Waals surface area contributed by atoms with Gasteiger partial charge in [0.2, 0.25) is 0 Å². The van der Waals surface area contributed by atoms with Crippen molar-refractivity contribution in [2.45, 2.75) is 39.0 Å². The number of nitrogens with one attached hydrogen (secondary N) is 1. The number of allylic oxidation sites excluding steroid dienone is 4. The smallest absolute Gasteiger partial charge is 0.160 e. The summed E-state index contributed by atoms with van der Waals surface area (Å²) < 4.78 is 0. The van der Waals surface area contributed by atoms with Crippen LogP contribution in [0.2, 0.25) is 0 Å². The van der Waals surface area contributed by atoms with E-state index in [-0.39, 0.29) is 5.78 Å². The summed E-state index contributed by atoms with van der Waals surface area (Å²) in [7, 11) is 0. The largest absolute Gasteiger partial charge is 0.356 e. The highest BCUT2D eigenvalue weighted by atomic mass is 16.1. The van der Waals surface area contributed by atoms with Crippen LogP contribution in [-0.4, -0.2) is 5.78 Å². The van der Waals surface area contributed by atoms with Gasteiger partial charge >= 0.3 is 0 Å². The molecule has 1 aromatic carbocycles. The molecule has 2 heteroatoms. The van der Waals surface area contributed by atoms with E-state index in [0.717, 1.165) is 16.9 Å². The highest BCUT2D eigenvalue weighted by molar-refractivity contribution is 5.96. The van der Waals surface area contributed by atoms with E-state index < -0.39 is 0 Å². The molecule has 0 spiro atoms. The zero-order valence-corrected chi connectivity index (χ0v) is 12.9. The molecule has 1 aliphatic carbocycles. The van der Waals surface area contributed by atoms with Crippen LogP contribution in [0.15, 0.2) is 54.8 Å². The highest BCUT2D eigenvalue weighted by Gasteiger charge is 2.23. The molecule has 2 nitrogen and oxygen atoms in total. The van der Waals surface area contributed by atoms with Crippen molar-refractivity contribution in [3.63, 3.8) is 0 Å². The van der Waals surface area contributed by atoms with Gasteiger partial charge in [-0.25, -0.2) is 0 Å². The third-order valence-electron chi connectivity index (χ3n) is 3.95. The maximum atomic E-state index is 11.8. The molecule has 1 N–H and O–H groups in total. The van der Waals surface area contributed by atoms with Crippen molar-refractivity contribution in [1.29, 1.82) is 0 Å². The van der Waals surface area contributed by atoms with Gasteiger partial charge in [-0.1, -0.05) is 25.2 Å². The van der Waals surface area contributed by atoms with Crippen LogP contribution in [0.5, 0.6) is 0 Å². The summed E-state index contributed by atoms with van der Waals surface area (Å²) in [5, 5.41) is 3.35. The van der Waals surface area contributed by atoms with Gasteiger partial charge in [0.25, 0.3) is 0 Å². The topological polar surface area (TPSA) is 29.1 Å². The van der Waals surface area contributed by atoms with Crippen LogP contribution < -0.4 is 5.32 Å². The average Bonchev–Trinajstić information content (AvgIpc) is 2.41. The number of hydrogen-bond acceptors (Lipinski definition) is 2. The first-order valence-corrected chi connectivity index (χ1v) is 7.53. The Hall–Kier alpha value is -2.09. The SMILES string of the molecule is C=C/C(=C\C=C/C)Nc1ccc(C(C)=O)c(C2CCC2)c1. The molecule has 0 aromatic heterocycles. The molecular weight excluding hydrogens is 258 g/mol. The van der Waals surface area contributed by atoms with Gasteiger partial charge in [-0.15, -0.1) is 0 Å². The Balaban J connectivity index is 2.28. The zero-order chi connectivity index (χ0) is 15.2. The molecule has 0 heterocycles. The van der Waals surface area contributed by atoms with E-state index in [1.165, 1.54) is 24.8 Å². The van der Waals surface area contributed by atoms with Gasteiger partial charge in [0.1, 0.15) is 0 Å². The molecule has 1 aromatic rings. The normalized spacial score (nSPS) is 15.8. The molecule has 1 aliphatic rings. The Bertz CT molecular complexity index is 592. The van der Waals surface area contributed by atoms with Crippen molar-refractivity contribution < 1.29 is 4.79 Å². The van der Waals surface area contributed by atoms with Gasteiger partial charge in [-0.05, 0) is 68.5 Å². The van der Waals surface area contributed by atoms with Crippen LogP contribution in [-0.2, 0) is 0 Å². The lowest BCUT2D eigenvalue weighted by Gasteiger charge is -2.28. The van der Waals surface area contributed by atoms with Crippen molar-refractivity contribution in [3.05, 3.63) is 65.9 Å². The van der Waals surface area contributed by atoms with Crippen LogP contribution >= 0.6 is 0 Å². The second kappa shape index (κ2) is 7.07. The fraction of sp³-hybridized carbons (Fsp3) is 0.316. The first kappa shape index (κ1) is 15.3. The molecule has 0 bridgehead atoms. The Morgan fingerprint density at radius 3 is 2.67 bits per heavy atom. The van der Waals surface area contributed by atoms with Crippen LogP contribution in [0, 0.1) is 0 Å². The first-order valence-electron chi connectivity index (χ1n) is 7.53. The van der Waals surface area contributed by atoms with Gasteiger partial charge < -0.3 is 5.32 Å². The summed E-state index contributed by atoms with van der Waals surface area (Å²) in [5.74, 6) is 0.689. The standard InChI is InChI=1S/C19H23NO/c1-4-6-10-16(5-2)20-17-11-12-18(14(3)21)19(13-17)15-8-7-9-15/h4-6,10-13,15,20H,2,7-9H2,1,3H3/b6-4-,16-10+. The van der Waals surface area contributed by atoms with Crippen molar-refractivity contribution >= 4 is 11.5 Å². The van der Waals surface area contributed by atoms with Gasteiger partial charge in [0, 0.05) is 16.9 Å². The first-order chi connectivity index (χ1) is 10.2. The molecule has 0 radical (unpaired) electrons. The number of benzene rings is 1. The Morgan fingerprint density at radius 1 is 1.38 bits per heavy atom.